The van der Waals surface area contributed by atoms with Crippen molar-refractivity contribution in [2.45, 2.75) is 17.4 Å². The Balaban J connectivity index is 2.31. The predicted molar refractivity (Wildman–Crippen MR) is 72.3 cm³/mol. The van der Waals surface area contributed by atoms with E-state index in [1.807, 2.05) is 18.2 Å². The Labute approximate surface area is 115 Å². The minimum absolute atomic E-state index is 0.228. The molecule has 2 rings (SSSR count). The molecule has 1 heterocycles. The number of benzene rings is 1. The van der Waals surface area contributed by atoms with Crippen LogP contribution in [0.2, 0.25) is 5.02 Å². The van der Waals surface area contributed by atoms with E-state index in [-0.39, 0.29) is 6.04 Å². The Morgan fingerprint density at radius 3 is 2.94 bits per heavy atom. The summed E-state index contributed by atoms with van der Waals surface area (Å²) in [4.78, 5) is 1.07. The molecule has 17 heavy (non-hydrogen) atoms. The number of nitrogens with one attached hydrogen (secondary N) is 1. The van der Waals surface area contributed by atoms with Crippen LogP contribution in [0.4, 0.5) is 0 Å². The Kier molecular flexibility index (Phi) is 4.26. The summed E-state index contributed by atoms with van der Waals surface area (Å²) in [5.41, 5.74) is 0.933. The van der Waals surface area contributed by atoms with Crippen molar-refractivity contribution in [1.82, 2.24) is 4.72 Å². The SMILES string of the molecule is O=S(=O)(CCl)NC1CCSc2ccc(Cl)cc21. The van der Waals surface area contributed by atoms with Gasteiger partial charge in [-0.3, -0.25) is 0 Å². The fraction of sp³-hybridized carbons (Fsp3) is 0.400. The monoisotopic (exact) mass is 311 g/mol. The van der Waals surface area contributed by atoms with Crippen molar-refractivity contribution >= 4 is 45.0 Å². The molecule has 0 amide bonds. The molecule has 1 aliphatic rings. The van der Waals surface area contributed by atoms with Crippen LogP contribution in [0, 0.1) is 0 Å². The van der Waals surface area contributed by atoms with Gasteiger partial charge in [-0.25, -0.2) is 13.1 Å². The summed E-state index contributed by atoms with van der Waals surface area (Å²) in [6.07, 6.45) is 0.744. The van der Waals surface area contributed by atoms with Crippen molar-refractivity contribution in [3.05, 3.63) is 28.8 Å². The Bertz CT molecular complexity index is 519. The quantitative estimate of drug-likeness (QED) is 0.873. The van der Waals surface area contributed by atoms with Gasteiger partial charge < -0.3 is 0 Å². The van der Waals surface area contributed by atoms with Crippen LogP contribution in [0.5, 0.6) is 0 Å². The van der Waals surface area contributed by atoms with Crippen molar-refractivity contribution in [2.75, 3.05) is 11.0 Å². The molecule has 1 unspecified atom stereocenters. The first kappa shape index (κ1) is 13.5. The number of hydrogen-bond donors (Lipinski definition) is 1. The number of fused-ring (bicyclic) bond motifs is 1. The maximum Gasteiger partial charge on any atom is 0.226 e. The Hall–Kier alpha value is 0.0600. The molecule has 1 aromatic rings. The molecule has 0 radical (unpaired) electrons. The van der Waals surface area contributed by atoms with E-state index in [2.05, 4.69) is 4.72 Å². The predicted octanol–water partition coefficient (Wildman–Crippen LogP) is 2.99. The first-order valence-electron chi connectivity index (χ1n) is 5.00. The summed E-state index contributed by atoms with van der Waals surface area (Å²) >= 11 is 13.0. The van der Waals surface area contributed by atoms with Gasteiger partial charge in [-0.2, -0.15) is 0 Å². The molecule has 1 aliphatic heterocycles. The number of sulfonamides is 1. The van der Waals surface area contributed by atoms with Crippen LogP contribution in [0.15, 0.2) is 23.1 Å². The standard InChI is InChI=1S/C10H11Cl2NO2S2/c11-6-17(14,15)13-9-3-4-16-10-2-1-7(12)5-8(9)10/h1-2,5,9,13H,3-4,6H2. The molecule has 1 atom stereocenters. The van der Waals surface area contributed by atoms with E-state index in [1.54, 1.807) is 11.8 Å². The van der Waals surface area contributed by atoms with Gasteiger partial charge >= 0.3 is 0 Å². The summed E-state index contributed by atoms with van der Waals surface area (Å²) in [7, 11) is -3.41. The summed E-state index contributed by atoms with van der Waals surface area (Å²) in [6.45, 7) is 0. The summed E-state index contributed by atoms with van der Waals surface area (Å²) in [5.74, 6) is 0.879. The van der Waals surface area contributed by atoms with Crippen molar-refractivity contribution in [3.8, 4) is 0 Å². The van der Waals surface area contributed by atoms with Crippen molar-refractivity contribution in [2.24, 2.45) is 0 Å². The first-order valence-corrected chi connectivity index (χ1v) is 8.55. The van der Waals surface area contributed by atoms with E-state index in [1.165, 1.54) is 0 Å². The van der Waals surface area contributed by atoms with Crippen LogP contribution in [0.25, 0.3) is 0 Å². The average molecular weight is 312 g/mol. The highest BCUT2D eigenvalue weighted by Crippen LogP contribution is 2.37. The minimum atomic E-state index is -3.41. The van der Waals surface area contributed by atoms with Crippen LogP contribution >= 0.6 is 35.0 Å². The van der Waals surface area contributed by atoms with E-state index in [0.29, 0.717) is 5.02 Å². The van der Waals surface area contributed by atoms with Gasteiger partial charge in [0.1, 0.15) is 5.21 Å². The smallest absolute Gasteiger partial charge is 0.211 e. The number of rotatable bonds is 3. The molecular formula is C10H11Cl2NO2S2. The molecule has 1 N–H and O–H groups in total. The highest BCUT2D eigenvalue weighted by Gasteiger charge is 2.24. The van der Waals surface area contributed by atoms with Crippen LogP contribution in [0.3, 0.4) is 0 Å². The highest BCUT2D eigenvalue weighted by atomic mass is 35.5. The Morgan fingerprint density at radius 1 is 1.47 bits per heavy atom. The van der Waals surface area contributed by atoms with Crippen molar-refractivity contribution in [1.29, 1.82) is 0 Å². The molecule has 0 fully saturated rings. The number of thioether (sulfide) groups is 1. The maximum atomic E-state index is 11.5. The normalized spacial score (nSPS) is 20.0. The molecular weight excluding hydrogens is 301 g/mol. The maximum absolute atomic E-state index is 11.5. The minimum Gasteiger partial charge on any atom is -0.211 e. The van der Waals surface area contributed by atoms with Gasteiger partial charge in [-0.05, 0) is 35.9 Å². The molecule has 0 saturated carbocycles. The number of alkyl halides is 1. The van der Waals surface area contributed by atoms with Gasteiger partial charge in [0.15, 0.2) is 0 Å². The molecule has 0 aromatic heterocycles. The van der Waals surface area contributed by atoms with Gasteiger partial charge in [-0.15, -0.1) is 23.4 Å². The molecule has 0 spiro atoms. The lowest BCUT2D eigenvalue weighted by atomic mass is 10.1. The lowest BCUT2D eigenvalue weighted by Crippen LogP contribution is -2.31. The van der Waals surface area contributed by atoms with E-state index in [4.69, 9.17) is 23.2 Å². The van der Waals surface area contributed by atoms with E-state index in [9.17, 15) is 8.42 Å². The van der Waals surface area contributed by atoms with Gasteiger partial charge in [0.05, 0.1) is 0 Å². The van der Waals surface area contributed by atoms with E-state index >= 15 is 0 Å². The topological polar surface area (TPSA) is 46.2 Å². The molecule has 0 bridgehead atoms. The van der Waals surface area contributed by atoms with E-state index in [0.717, 1.165) is 22.6 Å². The van der Waals surface area contributed by atoms with Crippen LogP contribution in [0.1, 0.15) is 18.0 Å². The molecule has 94 valence electrons. The second-order valence-electron chi connectivity index (χ2n) is 3.71. The zero-order valence-corrected chi connectivity index (χ0v) is 12.0. The lowest BCUT2D eigenvalue weighted by Gasteiger charge is -2.25. The third-order valence-electron chi connectivity index (χ3n) is 2.48. The van der Waals surface area contributed by atoms with Crippen molar-refractivity contribution < 1.29 is 8.42 Å². The second kappa shape index (κ2) is 5.36. The fourth-order valence-corrected chi connectivity index (χ4v) is 3.95. The summed E-state index contributed by atoms with van der Waals surface area (Å²) in [5, 5.41) is 0.188. The van der Waals surface area contributed by atoms with E-state index < -0.39 is 15.2 Å². The number of halogens is 2. The number of hydrogen-bond acceptors (Lipinski definition) is 3. The highest BCUT2D eigenvalue weighted by molar-refractivity contribution is 7.99. The largest absolute Gasteiger partial charge is 0.226 e. The zero-order chi connectivity index (χ0) is 12.5. The van der Waals surface area contributed by atoms with Crippen molar-refractivity contribution in [3.63, 3.8) is 0 Å². The third-order valence-corrected chi connectivity index (χ3v) is 5.63. The van der Waals surface area contributed by atoms with Crippen LogP contribution < -0.4 is 4.72 Å². The molecule has 1 aromatic carbocycles. The Morgan fingerprint density at radius 2 is 2.24 bits per heavy atom. The second-order valence-corrected chi connectivity index (χ2v) is 7.62. The van der Waals surface area contributed by atoms with Crippen LogP contribution in [-0.4, -0.2) is 19.4 Å². The summed E-state index contributed by atoms with van der Waals surface area (Å²) in [6, 6.07) is 5.31. The summed E-state index contributed by atoms with van der Waals surface area (Å²) < 4.78 is 25.6. The lowest BCUT2D eigenvalue weighted by molar-refractivity contribution is 0.550. The fourth-order valence-electron chi connectivity index (χ4n) is 1.74. The average Bonchev–Trinajstić information content (AvgIpc) is 2.30. The first-order chi connectivity index (χ1) is 8.02. The van der Waals surface area contributed by atoms with Gasteiger partial charge in [-0.1, -0.05) is 11.6 Å². The zero-order valence-electron chi connectivity index (χ0n) is 8.82. The van der Waals surface area contributed by atoms with Crippen LogP contribution in [-0.2, 0) is 10.0 Å². The van der Waals surface area contributed by atoms with Gasteiger partial charge in [0.2, 0.25) is 10.0 Å². The molecule has 0 saturated heterocycles. The molecule has 7 heteroatoms. The molecule has 3 nitrogen and oxygen atoms in total. The third kappa shape index (κ3) is 3.29. The van der Waals surface area contributed by atoms with Gasteiger partial charge in [0.25, 0.3) is 0 Å². The van der Waals surface area contributed by atoms with Gasteiger partial charge in [0, 0.05) is 16.0 Å². The molecule has 0 aliphatic carbocycles.